The van der Waals surface area contributed by atoms with E-state index in [9.17, 15) is 0 Å². The van der Waals surface area contributed by atoms with E-state index >= 15 is 0 Å². The first-order valence-electron chi connectivity index (χ1n) is 7.61. The Morgan fingerprint density at radius 2 is 2.30 bits per heavy atom. The first kappa shape index (κ1) is 12.5. The van der Waals surface area contributed by atoms with Crippen LogP contribution < -0.4 is 5.32 Å². The molecule has 2 aromatic rings. The number of rotatable bonds is 2. The van der Waals surface area contributed by atoms with Crippen molar-refractivity contribution in [3.63, 3.8) is 0 Å². The summed E-state index contributed by atoms with van der Waals surface area (Å²) in [5, 5.41) is 7.09. The van der Waals surface area contributed by atoms with E-state index in [1.165, 1.54) is 35.0 Å². The molecule has 0 amide bonds. The van der Waals surface area contributed by atoms with E-state index in [0.717, 1.165) is 13.0 Å². The fourth-order valence-corrected chi connectivity index (χ4v) is 4.24. The molecule has 1 aliphatic carbocycles. The van der Waals surface area contributed by atoms with E-state index in [1.807, 2.05) is 5.37 Å². The topological polar surface area (TPSA) is 27.8 Å². The summed E-state index contributed by atoms with van der Waals surface area (Å²) in [6.07, 6.45) is 3.75. The molecule has 2 N–H and O–H groups in total. The van der Waals surface area contributed by atoms with Crippen molar-refractivity contribution in [1.29, 1.82) is 0 Å². The molecule has 0 bridgehead atoms. The van der Waals surface area contributed by atoms with Gasteiger partial charge in [-0.1, -0.05) is 31.3 Å². The number of benzene rings is 1. The van der Waals surface area contributed by atoms with Crippen LogP contribution in [0.1, 0.15) is 48.4 Å². The van der Waals surface area contributed by atoms with Gasteiger partial charge in [-0.15, -0.1) is 0 Å². The quantitative estimate of drug-likeness (QED) is 0.824. The first-order valence-corrected chi connectivity index (χ1v) is 8.08. The number of hydrogen-bond acceptors (Lipinski definition) is 2. The molecule has 0 radical (unpaired) electrons. The molecule has 1 aromatic heterocycles. The zero-order valence-electron chi connectivity index (χ0n) is 11.8. The average molecular weight is 284 g/mol. The van der Waals surface area contributed by atoms with Crippen LogP contribution in [0, 0.1) is 0 Å². The van der Waals surface area contributed by atoms with Crippen molar-refractivity contribution in [2.75, 3.05) is 6.54 Å². The predicted octanol–water partition coefficient (Wildman–Crippen LogP) is 3.66. The van der Waals surface area contributed by atoms with Crippen molar-refractivity contribution in [1.82, 2.24) is 10.3 Å². The minimum atomic E-state index is 0.320. The van der Waals surface area contributed by atoms with Crippen molar-refractivity contribution >= 4 is 28.5 Å². The van der Waals surface area contributed by atoms with Crippen molar-refractivity contribution in [2.45, 2.75) is 44.1 Å². The van der Waals surface area contributed by atoms with Crippen LogP contribution >= 0.6 is 12.2 Å². The highest BCUT2D eigenvalue weighted by Gasteiger charge is 2.34. The van der Waals surface area contributed by atoms with Crippen molar-refractivity contribution in [3.8, 4) is 0 Å². The maximum absolute atomic E-state index is 5.17. The van der Waals surface area contributed by atoms with E-state index in [-0.39, 0.29) is 0 Å². The highest BCUT2D eigenvalue weighted by molar-refractivity contribution is 7.79. The molecular formula is C17H20N2S. The summed E-state index contributed by atoms with van der Waals surface area (Å²) in [7, 11) is 0. The predicted molar refractivity (Wildman–Crippen MR) is 87.8 cm³/mol. The van der Waals surface area contributed by atoms with Crippen molar-refractivity contribution in [2.24, 2.45) is 0 Å². The average Bonchev–Trinajstić information content (AvgIpc) is 2.87. The van der Waals surface area contributed by atoms with E-state index in [0.29, 0.717) is 17.9 Å². The highest BCUT2D eigenvalue weighted by atomic mass is 32.1. The molecular weight excluding hydrogens is 264 g/mol. The lowest BCUT2D eigenvalue weighted by atomic mass is 9.75. The maximum atomic E-state index is 5.17. The molecule has 104 valence electrons. The fraction of sp³-hybridized carbons (Fsp3) is 0.471. The first-order chi connectivity index (χ1) is 9.79. The van der Waals surface area contributed by atoms with E-state index in [4.69, 9.17) is 12.2 Å². The number of nitrogens with one attached hydrogen (secondary N) is 2. The van der Waals surface area contributed by atoms with Crippen LogP contribution in [-0.4, -0.2) is 22.9 Å². The lowest BCUT2D eigenvalue weighted by Gasteiger charge is -2.37. The third-order valence-electron chi connectivity index (χ3n) is 5.06. The van der Waals surface area contributed by atoms with Crippen molar-refractivity contribution in [3.05, 3.63) is 35.0 Å². The molecule has 2 aliphatic rings. The largest absolute Gasteiger partial charge is 0.358 e. The van der Waals surface area contributed by atoms with Gasteiger partial charge in [-0.3, -0.25) is 0 Å². The molecule has 2 heterocycles. The lowest BCUT2D eigenvalue weighted by Crippen LogP contribution is -2.43. The number of aromatic nitrogens is 1. The van der Waals surface area contributed by atoms with E-state index in [2.05, 4.69) is 35.4 Å². The van der Waals surface area contributed by atoms with Gasteiger partial charge in [0.2, 0.25) is 0 Å². The summed E-state index contributed by atoms with van der Waals surface area (Å²) in [4.78, 5) is 3.63. The molecule has 2 unspecified atom stereocenters. The van der Waals surface area contributed by atoms with Gasteiger partial charge in [-0.05, 0) is 48.4 Å². The number of piperidine rings is 1. The Bertz CT molecular complexity index is 673. The number of hydrogen-bond donors (Lipinski definition) is 2. The zero-order valence-corrected chi connectivity index (χ0v) is 12.6. The second-order valence-corrected chi connectivity index (χ2v) is 6.50. The number of H-pyrrole nitrogens is 1. The van der Waals surface area contributed by atoms with Crippen LogP contribution in [-0.2, 0) is 6.42 Å². The second-order valence-electron chi connectivity index (χ2n) is 6.23. The van der Waals surface area contributed by atoms with Crippen LogP contribution in [0.25, 0.3) is 10.9 Å². The normalized spacial score (nSPS) is 26.2. The van der Waals surface area contributed by atoms with Gasteiger partial charge in [0.25, 0.3) is 0 Å². The van der Waals surface area contributed by atoms with Gasteiger partial charge in [0, 0.05) is 34.5 Å². The Hall–Kier alpha value is -1.19. The number of fused-ring (bicyclic) bond motifs is 2. The molecule has 4 rings (SSSR count). The molecule has 20 heavy (non-hydrogen) atoms. The van der Waals surface area contributed by atoms with Crippen LogP contribution in [0.3, 0.4) is 0 Å². The smallest absolute Gasteiger partial charge is 0.0462 e. The van der Waals surface area contributed by atoms with Gasteiger partial charge in [-0.2, -0.15) is 0 Å². The standard InChI is InChI=1S/C17H20N2S/c1-10(9-20)17-13-8-15-11(5-3-7-18-15)12-4-2-6-14(19-17)16(12)13/h2,4,6,9-11,15,18-19H,3,5,7-8H2,1H3/t10?,11?,15-/m1/s1. The SMILES string of the molecule is CC(C=S)c1[nH]c2cccc3c2c1C[C@H]1NCCCC31. The van der Waals surface area contributed by atoms with Crippen LogP contribution in [0.4, 0.5) is 0 Å². The minimum absolute atomic E-state index is 0.320. The van der Waals surface area contributed by atoms with Gasteiger partial charge >= 0.3 is 0 Å². The van der Waals surface area contributed by atoms with E-state index < -0.39 is 0 Å². The van der Waals surface area contributed by atoms with E-state index in [1.54, 1.807) is 5.56 Å². The lowest BCUT2D eigenvalue weighted by molar-refractivity contribution is 0.345. The van der Waals surface area contributed by atoms with Gasteiger partial charge < -0.3 is 10.3 Å². The Morgan fingerprint density at radius 1 is 1.40 bits per heavy atom. The zero-order chi connectivity index (χ0) is 13.7. The third-order valence-corrected chi connectivity index (χ3v) is 5.47. The number of aromatic amines is 1. The highest BCUT2D eigenvalue weighted by Crippen LogP contribution is 2.43. The monoisotopic (exact) mass is 284 g/mol. The third kappa shape index (κ3) is 1.69. The molecule has 0 saturated carbocycles. The van der Waals surface area contributed by atoms with Gasteiger partial charge in [0.05, 0.1) is 0 Å². The summed E-state index contributed by atoms with van der Waals surface area (Å²) in [5.74, 6) is 1.01. The Labute approximate surface area is 125 Å². The summed E-state index contributed by atoms with van der Waals surface area (Å²) >= 11 is 5.17. The molecule has 1 saturated heterocycles. The Morgan fingerprint density at radius 3 is 3.15 bits per heavy atom. The Balaban J connectivity index is 1.96. The molecule has 1 aliphatic heterocycles. The summed E-state index contributed by atoms with van der Waals surface area (Å²) in [5.41, 5.74) is 5.66. The fourth-order valence-electron chi connectivity index (χ4n) is 4.10. The van der Waals surface area contributed by atoms with Gasteiger partial charge in [0.15, 0.2) is 0 Å². The molecule has 1 aromatic carbocycles. The molecule has 3 atom stereocenters. The van der Waals surface area contributed by atoms with Crippen LogP contribution in [0.5, 0.6) is 0 Å². The minimum Gasteiger partial charge on any atom is -0.358 e. The van der Waals surface area contributed by atoms with Gasteiger partial charge in [0.1, 0.15) is 0 Å². The van der Waals surface area contributed by atoms with Gasteiger partial charge in [-0.25, -0.2) is 0 Å². The van der Waals surface area contributed by atoms with Crippen molar-refractivity contribution < 1.29 is 0 Å². The summed E-state index contributed by atoms with van der Waals surface area (Å²) in [6, 6.07) is 7.34. The summed E-state index contributed by atoms with van der Waals surface area (Å²) in [6.45, 7) is 3.35. The van der Waals surface area contributed by atoms with Crippen LogP contribution in [0.15, 0.2) is 18.2 Å². The molecule has 0 spiro atoms. The van der Waals surface area contributed by atoms with Crippen LogP contribution in [0.2, 0.25) is 0 Å². The number of thiocarbonyl (C=S) groups is 1. The molecule has 2 nitrogen and oxygen atoms in total. The molecule has 3 heteroatoms. The second kappa shape index (κ2) is 4.68. The maximum Gasteiger partial charge on any atom is 0.0462 e. The summed E-state index contributed by atoms with van der Waals surface area (Å²) < 4.78 is 0. The molecule has 1 fully saturated rings. The Kier molecular flexibility index (Phi) is 2.93.